The van der Waals surface area contributed by atoms with Crippen molar-refractivity contribution in [1.82, 2.24) is 0 Å². The van der Waals surface area contributed by atoms with Crippen LogP contribution in [0.25, 0.3) is 0 Å². The molecule has 3 aromatic rings. The number of nitrogens with zero attached hydrogens (tertiary/aromatic N) is 4. The fourth-order valence-electron chi connectivity index (χ4n) is 3.56. The van der Waals surface area contributed by atoms with E-state index in [1.54, 1.807) is 0 Å². The Morgan fingerprint density at radius 3 is 1.34 bits per heavy atom. The van der Waals surface area contributed by atoms with Gasteiger partial charge in [-0.2, -0.15) is 0 Å². The number of hydrogen-bond donors (Lipinski definition) is 2. The molecule has 0 atom stereocenters. The van der Waals surface area contributed by atoms with Crippen molar-refractivity contribution in [3.05, 3.63) is 48.5 Å². The third-order valence-electron chi connectivity index (χ3n) is 5.85. The maximum Gasteiger partial charge on any atom is 1.00 e. The van der Waals surface area contributed by atoms with E-state index >= 15 is 0 Å². The summed E-state index contributed by atoms with van der Waals surface area (Å²) in [7, 11) is -19.3. The van der Waals surface area contributed by atoms with Crippen LogP contribution in [0.15, 0.2) is 88.6 Å². The van der Waals surface area contributed by atoms with Gasteiger partial charge in [0.05, 0.1) is 50.0 Å². The fourth-order valence-corrected chi connectivity index (χ4v) is 7.84. The number of benzene rings is 3. The van der Waals surface area contributed by atoms with Gasteiger partial charge in [-0.15, -0.1) is 29.1 Å². The molecule has 0 amide bonds. The van der Waals surface area contributed by atoms with E-state index in [9.17, 15) is 58.4 Å². The van der Waals surface area contributed by atoms with Crippen LogP contribution in [-0.2, 0) is 67.0 Å². The zero-order valence-electron chi connectivity index (χ0n) is 29.1. The van der Waals surface area contributed by atoms with Crippen LogP contribution in [0.1, 0.15) is 0 Å². The monoisotopic (exact) mass is 941 g/mol. The Labute approximate surface area is 415 Å². The molecule has 3 rings (SSSR count). The molecule has 0 unspecified atom stereocenters. The smallest absolute Gasteiger partial charge is 0.744 e. The number of phenols is 1. The van der Waals surface area contributed by atoms with E-state index in [1.807, 2.05) is 0 Å². The molecule has 0 aromatic heterocycles. The summed E-state index contributed by atoms with van der Waals surface area (Å²) in [5.41, 5.74) is 3.38. The summed E-state index contributed by atoms with van der Waals surface area (Å²) in [4.78, 5) is -3.50. The van der Waals surface area contributed by atoms with Crippen molar-refractivity contribution in [1.29, 1.82) is 0 Å². The minimum absolute atomic E-state index is 0. The van der Waals surface area contributed by atoms with Crippen LogP contribution >= 0.6 is 24.6 Å². The molecule has 3 N–H and O–H groups in total. The number of nitrogens with two attached hydrogens (primary N) is 1. The molecule has 24 nitrogen and oxygen atoms in total. The Morgan fingerprint density at radius 1 is 0.589 bits per heavy atom. The number of hydrogen-bond acceptors (Lipinski definition) is 26. The summed E-state index contributed by atoms with van der Waals surface area (Å²) >= 11 is 0.0592. The van der Waals surface area contributed by atoms with Gasteiger partial charge in [0.25, 0.3) is 0 Å². The van der Waals surface area contributed by atoms with E-state index in [-0.39, 0.29) is 154 Å². The molecule has 0 aliphatic rings. The molecule has 0 fully saturated rings. The maximum atomic E-state index is 12.6. The third kappa shape index (κ3) is 18.3. The van der Waals surface area contributed by atoms with Gasteiger partial charge in [0, 0.05) is 6.07 Å². The van der Waals surface area contributed by atoms with Gasteiger partial charge in [0.15, 0.2) is 44.3 Å². The summed E-state index contributed by atoms with van der Waals surface area (Å²) < 4.78 is 139. The van der Waals surface area contributed by atoms with Gasteiger partial charge >= 0.3 is 118 Å². The van der Waals surface area contributed by atoms with Gasteiger partial charge in [0.2, 0.25) is 0 Å². The molecule has 0 aliphatic heterocycles. The van der Waals surface area contributed by atoms with Crippen LogP contribution in [0.2, 0.25) is 0 Å². The Morgan fingerprint density at radius 2 is 0.964 bits per heavy atom. The molecule has 286 valence electrons. The number of phenolic OH excluding ortho intramolecular Hbond substituents is 1. The minimum Gasteiger partial charge on any atom is -0.744 e. The van der Waals surface area contributed by atoms with E-state index < -0.39 is 107 Å². The van der Waals surface area contributed by atoms with Crippen molar-refractivity contribution in [3.63, 3.8) is 0 Å². The van der Waals surface area contributed by atoms with Gasteiger partial charge in [-0.3, -0.25) is 18.4 Å². The normalized spacial score (nSPS) is 12.1. The van der Waals surface area contributed by atoms with Gasteiger partial charge in [-0.05, 0) is 42.5 Å². The van der Waals surface area contributed by atoms with E-state index in [0.29, 0.717) is 12.1 Å². The van der Waals surface area contributed by atoms with Crippen molar-refractivity contribution in [3.8, 4) is 5.75 Å². The average Bonchev–Trinajstić information content (AvgIpc) is 3.06. The van der Waals surface area contributed by atoms with Crippen molar-refractivity contribution in [2.24, 2.45) is 20.5 Å². The third-order valence-corrected chi connectivity index (χ3v) is 11.7. The van der Waals surface area contributed by atoms with E-state index in [4.69, 9.17) is 5.73 Å². The fraction of sp³-hybridized carbons (Fsp3) is 0.182. The first-order chi connectivity index (χ1) is 24.3. The predicted octanol–water partition coefficient (Wildman–Crippen LogP) is -11.2. The van der Waals surface area contributed by atoms with Crippen molar-refractivity contribution >= 4 is 93.0 Å². The molecule has 3 aromatic carbocycles. The first-order valence-electron chi connectivity index (χ1n) is 12.9. The van der Waals surface area contributed by atoms with Gasteiger partial charge in [0.1, 0.15) is 48.7 Å². The molecule has 0 bridgehead atoms. The molecule has 0 saturated carbocycles. The van der Waals surface area contributed by atoms with Crippen LogP contribution in [0, 0.1) is 0 Å². The SMILES string of the molecule is Nc1cc(O)c(N=Nc2ccc(S(=O)(=O)CCOSOO[O-])cc2S(=O)(=O)[O-])cc1N=Nc1ccc(S(=O)(=O)CCOSOO[O-])cc1S(=O)(=O)[O-].[Na+].[Na+].[Na+].[Na+]. The summed E-state index contributed by atoms with van der Waals surface area (Å²) in [6.45, 7) is -1.10. The molecule has 0 aliphatic carbocycles. The molecule has 0 radical (unpaired) electrons. The summed E-state index contributed by atoms with van der Waals surface area (Å²) in [5, 5.41) is 50.4. The largest absolute Gasteiger partial charge is 1.00 e. The molecule has 0 spiro atoms. The van der Waals surface area contributed by atoms with Crippen LogP contribution < -0.4 is 134 Å². The molecule has 0 heterocycles. The second-order valence-corrected chi connectivity index (χ2v) is 17.1. The average molecular weight is 942 g/mol. The van der Waals surface area contributed by atoms with Gasteiger partial charge < -0.3 is 30.5 Å². The van der Waals surface area contributed by atoms with Crippen LogP contribution in [0.3, 0.4) is 0 Å². The van der Waals surface area contributed by atoms with Gasteiger partial charge in [-0.25, -0.2) is 33.7 Å². The number of nitrogen functional groups attached to an aromatic ring is 1. The minimum atomic E-state index is -5.38. The number of aromatic hydroxyl groups is 1. The van der Waals surface area contributed by atoms with Crippen LogP contribution in [0.5, 0.6) is 5.75 Å². The second kappa shape index (κ2) is 26.8. The van der Waals surface area contributed by atoms with E-state index in [0.717, 1.165) is 36.4 Å². The summed E-state index contributed by atoms with van der Waals surface area (Å²) in [5.74, 6) is -2.18. The Kier molecular flexibility index (Phi) is 28.1. The molecule has 34 heteroatoms. The predicted molar refractivity (Wildman–Crippen MR) is 165 cm³/mol. The standard InChI is InChI=1S/C22H23N5O19S6.4Na/c23-15-11-20(28)19(27-25-17-4-2-14(10-22(17)52(38,39)40)50(33,34)8-6-42-48-46-44-30)12-18(15)26-24-16-3-1-13(9-21(16)51(35,36)37)49(31,32)7-5-41-47-45-43-29;;;;/h1-4,9-12,28-30H,5-8,23H2,(H,35,36,37)(H,38,39,40);;;;/q;4*+1/p-4. The number of anilines is 1. The number of sulfone groups is 2. The Balaban J connectivity index is 0. The van der Waals surface area contributed by atoms with Gasteiger partial charge in [-0.1, -0.05) is 0 Å². The Bertz CT molecular complexity index is 2120. The first kappa shape index (κ1) is 58.7. The topological polar surface area (TPSA) is 380 Å². The summed E-state index contributed by atoms with van der Waals surface area (Å²) in [6.07, 6.45) is 0. The Hall–Kier alpha value is 0.560. The molecule has 0 saturated heterocycles. The number of azo groups is 2. The zero-order valence-corrected chi connectivity index (χ0v) is 42.0. The van der Waals surface area contributed by atoms with E-state index in [2.05, 4.69) is 47.6 Å². The summed E-state index contributed by atoms with van der Waals surface area (Å²) in [6, 6.07) is 6.24. The van der Waals surface area contributed by atoms with Crippen molar-refractivity contribution < 1.29 is 204 Å². The second-order valence-electron chi connectivity index (χ2n) is 9.16. The molecule has 56 heavy (non-hydrogen) atoms. The van der Waals surface area contributed by atoms with Crippen LogP contribution in [0.4, 0.5) is 28.4 Å². The van der Waals surface area contributed by atoms with E-state index in [1.165, 1.54) is 0 Å². The maximum absolute atomic E-state index is 12.6. The quantitative estimate of drug-likeness (QED) is 0.0155. The van der Waals surface area contributed by atoms with Crippen LogP contribution in [-0.4, -0.2) is 72.6 Å². The van der Waals surface area contributed by atoms with Crippen molar-refractivity contribution in [2.45, 2.75) is 19.6 Å². The first-order valence-corrected chi connectivity index (χ1v) is 20.4. The zero-order chi connectivity index (χ0) is 38.7. The van der Waals surface area contributed by atoms with Crippen molar-refractivity contribution in [2.75, 3.05) is 30.5 Å². The molecular weight excluding hydrogens is 923 g/mol. The number of rotatable bonds is 20. The molecular formula is C22H19N5Na4O19S6.